The summed E-state index contributed by atoms with van der Waals surface area (Å²) in [4.78, 5) is 26.0. The molecular weight excluding hydrogens is 404 g/mol. The van der Waals surface area contributed by atoms with Gasteiger partial charge in [0.1, 0.15) is 0 Å². The minimum absolute atomic E-state index is 0.341. The van der Waals surface area contributed by atoms with Crippen molar-refractivity contribution in [3.8, 4) is 0 Å². The second-order valence-electron chi connectivity index (χ2n) is 5.45. The molecule has 0 saturated heterocycles. The summed E-state index contributed by atoms with van der Waals surface area (Å²) < 4.78 is 10.8. The molecule has 2 aromatic rings. The van der Waals surface area contributed by atoms with Crippen LogP contribution >= 0.6 is 27.7 Å². The highest BCUT2D eigenvalue weighted by molar-refractivity contribution is 9.10. The average Bonchev–Trinajstić information content (AvgIpc) is 2.62. The van der Waals surface area contributed by atoms with Crippen LogP contribution in [0.15, 0.2) is 50.7 Å². The molecule has 4 nitrogen and oxygen atoms in total. The third-order valence-electron chi connectivity index (χ3n) is 3.92. The van der Waals surface area contributed by atoms with Crippen LogP contribution in [-0.4, -0.2) is 26.2 Å². The molecule has 0 radical (unpaired) electrons. The maximum Gasteiger partial charge on any atom is 0.339 e. The summed E-state index contributed by atoms with van der Waals surface area (Å²) in [5.74, 6) is -1.22. The van der Waals surface area contributed by atoms with Crippen LogP contribution in [0.4, 0.5) is 0 Å². The standard InChI is InChI=1S/C19H19BrO4S/c1-11-15(12(2)18(21)23-3)9-10-16(17(11)19(22)24-4)25-14-7-5-13(20)6-8-14/h5-10,12H,1-4H3. The summed E-state index contributed by atoms with van der Waals surface area (Å²) >= 11 is 4.89. The van der Waals surface area contributed by atoms with Gasteiger partial charge in [0.15, 0.2) is 0 Å². The number of rotatable bonds is 5. The van der Waals surface area contributed by atoms with Crippen LogP contribution in [0.1, 0.15) is 34.3 Å². The largest absolute Gasteiger partial charge is 0.469 e. The van der Waals surface area contributed by atoms with Crippen molar-refractivity contribution < 1.29 is 19.1 Å². The fraction of sp³-hybridized carbons (Fsp3) is 0.263. The Hall–Kier alpha value is -1.79. The zero-order valence-corrected chi connectivity index (χ0v) is 16.9. The lowest BCUT2D eigenvalue weighted by Crippen LogP contribution is -2.15. The minimum Gasteiger partial charge on any atom is -0.469 e. The van der Waals surface area contributed by atoms with Gasteiger partial charge in [0, 0.05) is 14.3 Å². The summed E-state index contributed by atoms with van der Waals surface area (Å²) in [7, 11) is 2.71. The van der Waals surface area contributed by atoms with Crippen LogP contribution in [0.2, 0.25) is 0 Å². The van der Waals surface area contributed by atoms with E-state index in [1.165, 1.54) is 26.0 Å². The van der Waals surface area contributed by atoms with Gasteiger partial charge in [0.2, 0.25) is 0 Å². The predicted molar refractivity (Wildman–Crippen MR) is 101 cm³/mol. The van der Waals surface area contributed by atoms with Crippen molar-refractivity contribution in [1.82, 2.24) is 0 Å². The van der Waals surface area contributed by atoms with E-state index >= 15 is 0 Å². The van der Waals surface area contributed by atoms with E-state index in [-0.39, 0.29) is 5.97 Å². The molecule has 0 aromatic heterocycles. The molecule has 0 bridgehead atoms. The molecule has 6 heteroatoms. The van der Waals surface area contributed by atoms with Crippen LogP contribution in [0.3, 0.4) is 0 Å². The van der Waals surface area contributed by atoms with Crippen molar-refractivity contribution in [2.45, 2.75) is 29.6 Å². The molecule has 0 amide bonds. The Morgan fingerprint density at radius 2 is 1.68 bits per heavy atom. The Morgan fingerprint density at radius 3 is 2.24 bits per heavy atom. The maximum atomic E-state index is 12.4. The van der Waals surface area contributed by atoms with Crippen molar-refractivity contribution in [3.05, 3.63) is 57.6 Å². The van der Waals surface area contributed by atoms with Crippen molar-refractivity contribution in [2.24, 2.45) is 0 Å². The van der Waals surface area contributed by atoms with E-state index < -0.39 is 11.9 Å². The lowest BCUT2D eigenvalue weighted by atomic mass is 9.93. The van der Waals surface area contributed by atoms with Gasteiger partial charge in [-0.15, -0.1) is 0 Å². The topological polar surface area (TPSA) is 52.6 Å². The number of benzene rings is 2. The average molecular weight is 423 g/mol. The van der Waals surface area contributed by atoms with Crippen molar-refractivity contribution in [2.75, 3.05) is 14.2 Å². The summed E-state index contributed by atoms with van der Waals surface area (Å²) in [6, 6.07) is 11.5. The van der Waals surface area contributed by atoms with Gasteiger partial charge in [0.25, 0.3) is 0 Å². The second-order valence-corrected chi connectivity index (χ2v) is 7.48. The highest BCUT2D eigenvalue weighted by Crippen LogP contribution is 2.36. The third kappa shape index (κ3) is 4.44. The van der Waals surface area contributed by atoms with Gasteiger partial charge in [0.05, 0.1) is 25.7 Å². The monoisotopic (exact) mass is 422 g/mol. The molecule has 0 aliphatic rings. The van der Waals surface area contributed by atoms with E-state index in [0.29, 0.717) is 5.56 Å². The van der Waals surface area contributed by atoms with E-state index in [4.69, 9.17) is 9.47 Å². The van der Waals surface area contributed by atoms with E-state index in [0.717, 1.165) is 25.4 Å². The van der Waals surface area contributed by atoms with Gasteiger partial charge in [-0.3, -0.25) is 4.79 Å². The Morgan fingerprint density at radius 1 is 1.04 bits per heavy atom. The van der Waals surface area contributed by atoms with Crippen LogP contribution in [-0.2, 0) is 14.3 Å². The zero-order chi connectivity index (χ0) is 18.6. The van der Waals surface area contributed by atoms with E-state index in [2.05, 4.69) is 15.9 Å². The van der Waals surface area contributed by atoms with Crippen LogP contribution in [0.25, 0.3) is 0 Å². The molecule has 0 fully saturated rings. The van der Waals surface area contributed by atoms with Crippen LogP contribution in [0.5, 0.6) is 0 Å². The second kappa shape index (κ2) is 8.54. The van der Waals surface area contributed by atoms with Gasteiger partial charge < -0.3 is 9.47 Å². The van der Waals surface area contributed by atoms with E-state index in [1.54, 1.807) is 6.92 Å². The number of carbonyl (C=O) groups is 2. The molecule has 0 aliphatic heterocycles. The lowest BCUT2D eigenvalue weighted by molar-refractivity contribution is -0.142. The number of hydrogen-bond donors (Lipinski definition) is 0. The fourth-order valence-corrected chi connectivity index (χ4v) is 3.81. The summed E-state index contributed by atoms with van der Waals surface area (Å²) in [5, 5.41) is 0. The number of methoxy groups -OCH3 is 2. The minimum atomic E-state index is -0.458. The summed E-state index contributed by atoms with van der Waals surface area (Å²) in [5.41, 5.74) is 1.96. The third-order valence-corrected chi connectivity index (χ3v) is 5.52. The molecule has 25 heavy (non-hydrogen) atoms. The lowest BCUT2D eigenvalue weighted by Gasteiger charge is -2.17. The van der Waals surface area contributed by atoms with Crippen molar-refractivity contribution in [1.29, 1.82) is 0 Å². The first-order valence-electron chi connectivity index (χ1n) is 7.62. The molecule has 0 spiro atoms. The number of carbonyl (C=O) groups excluding carboxylic acids is 2. The van der Waals surface area contributed by atoms with Gasteiger partial charge in [-0.05, 0) is 55.3 Å². The summed E-state index contributed by atoms with van der Waals surface area (Å²) in [6.07, 6.45) is 0. The molecule has 0 aliphatic carbocycles. The number of hydrogen-bond acceptors (Lipinski definition) is 5. The molecular formula is C19H19BrO4S. The molecule has 0 heterocycles. The molecule has 2 aromatic carbocycles. The molecule has 0 saturated carbocycles. The molecule has 2 rings (SSSR count). The Balaban J connectivity index is 2.49. The van der Waals surface area contributed by atoms with E-state index in [1.807, 2.05) is 43.3 Å². The first kappa shape index (κ1) is 19.5. The highest BCUT2D eigenvalue weighted by Gasteiger charge is 2.24. The number of ether oxygens (including phenoxy) is 2. The smallest absolute Gasteiger partial charge is 0.339 e. The van der Waals surface area contributed by atoms with Crippen molar-refractivity contribution in [3.63, 3.8) is 0 Å². The summed E-state index contributed by atoms with van der Waals surface area (Å²) in [6.45, 7) is 3.59. The number of halogens is 1. The van der Waals surface area contributed by atoms with Crippen LogP contribution in [0, 0.1) is 6.92 Å². The van der Waals surface area contributed by atoms with Crippen LogP contribution < -0.4 is 0 Å². The molecule has 1 atom stereocenters. The first-order chi connectivity index (χ1) is 11.9. The highest BCUT2D eigenvalue weighted by atomic mass is 79.9. The normalized spacial score (nSPS) is 11.7. The quantitative estimate of drug-likeness (QED) is 0.636. The van der Waals surface area contributed by atoms with Gasteiger partial charge in [-0.2, -0.15) is 0 Å². The maximum absolute atomic E-state index is 12.4. The Labute approximate surface area is 160 Å². The Kier molecular flexibility index (Phi) is 6.67. The van der Waals surface area contributed by atoms with Crippen molar-refractivity contribution >= 4 is 39.6 Å². The predicted octanol–water partition coefficient (Wildman–Crippen LogP) is 4.97. The van der Waals surface area contributed by atoms with Gasteiger partial charge in [-0.1, -0.05) is 33.8 Å². The van der Waals surface area contributed by atoms with Gasteiger partial charge >= 0.3 is 11.9 Å². The molecule has 0 N–H and O–H groups in total. The number of esters is 2. The zero-order valence-electron chi connectivity index (χ0n) is 14.5. The van der Waals surface area contributed by atoms with Gasteiger partial charge in [-0.25, -0.2) is 4.79 Å². The fourth-order valence-electron chi connectivity index (χ4n) is 2.55. The molecule has 1 unspecified atom stereocenters. The SMILES string of the molecule is COC(=O)c1c(Sc2ccc(Br)cc2)ccc(C(C)C(=O)OC)c1C. The molecule has 132 valence electrons. The van der Waals surface area contributed by atoms with E-state index in [9.17, 15) is 9.59 Å². The Bertz CT molecular complexity index is 787. The first-order valence-corrected chi connectivity index (χ1v) is 9.23.